The van der Waals surface area contributed by atoms with Gasteiger partial charge in [0.15, 0.2) is 5.78 Å². The van der Waals surface area contributed by atoms with Crippen molar-refractivity contribution in [3.8, 4) is 0 Å². The van der Waals surface area contributed by atoms with Gasteiger partial charge in [-0.25, -0.2) is 0 Å². The molecule has 1 aliphatic rings. The minimum atomic E-state index is -4.55. The fourth-order valence-electron chi connectivity index (χ4n) is 2.81. The third-order valence-corrected chi connectivity index (χ3v) is 4.16. The molecule has 1 atom stereocenters. The molecule has 2 aromatic rings. The molecule has 0 aromatic heterocycles. The van der Waals surface area contributed by atoms with Crippen LogP contribution < -0.4 is 10.6 Å². The third-order valence-electron chi connectivity index (χ3n) is 3.94. The standard InChI is InChI=1S/C18H14ClF3N2O/c1-23-17-14(11-7-12(18(20,21)22)9-13(19)8-11)16(25)15(24-17)10-5-3-2-4-6-10/h2-9,15,23-24H,1H3. The first-order valence-electron chi connectivity index (χ1n) is 7.47. The van der Waals surface area contributed by atoms with Crippen molar-refractivity contribution in [1.82, 2.24) is 10.6 Å². The summed E-state index contributed by atoms with van der Waals surface area (Å²) in [7, 11) is 1.60. The predicted molar refractivity (Wildman–Crippen MR) is 89.8 cm³/mol. The molecule has 7 heteroatoms. The van der Waals surface area contributed by atoms with E-state index in [0.717, 1.165) is 17.7 Å². The molecule has 1 aliphatic heterocycles. The van der Waals surface area contributed by atoms with E-state index < -0.39 is 17.8 Å². The van der Waals surface area contributed by atoms with Gasteiger partial charge in [0.2, 0.25) is 0 Å². The van der Waals surface area contributed by atoms with Crippen LogP contribution in [0, 0.1) is 0 Å². The van der Waals surface area contributed by atoms with Crippen LogP contribution in [0.4, 0.5) is 13.2 Å². The van der Waals surface area contributed by atoms with Crippen molar-refractivity contribution in [3.05, 3.63) is 76.1 Å². The number of hydrogen-bond acceptors (Lipinski definition) is 3. The number of carbonyl (C=O) groups is 1. The number of benzene rings is 2. The summed E-state index contributed by atoms with van der Waals surface area (Å²) < 4.78 is 39.2. The number of halogens is 4. The van der Waals surface area contributed by atoms with Crippen molar-refractivity contribution in [3.63, 3.8) is 0 Å². The first-order chi connectivity index (χ1) is 11.8. The number of alkyl halides is 3. The Bertz CT molecular complexity index is 847. The van der Waals surface area contributed by atoms with Gasteiger partial charge in [0.25, 0.3) is 0 Å². The quantitative estimate of drug-likeness (QED) is 0.857. The molecule has 2 aromatic carbocycles. The number of carbonyl (C=O) groups excluding carboxylic acids is 1. The van der Waals surface area contributed by atoms with E-state index in [1.807, 2.05) is 6.07 Å². The fraction of sp³-hybridized carbons (Fsp3) is 0.167. The molecule has 0 bridgehead atoms. The lowest BCUT2D eigenvalue weighted by molar-refractivity contribution is -0.137. The van der Waals surface area contributed by atoms with Gasteiger partial charge in [0, 0.05) is 12.1 Å². The lowest BCUT2D eigenvalue weighted by atomic mass is 9.95. The van der Waals surface area contributed by atoms with Crippen molar-refractivity contribution in [2.24, 2.45) is 0 Å². The molecule has 3 nitrogen and oxygen atoms in total. The Morgan fingerprint density at radius 1 is 1.12 bits per heavy atom. The van der Waals surface area contributed by atoms with Gasteiger partial charge >= 0.3 is 6.18 Å². The Hall–Kier alpha value is -2.47. The van der Waals surface area contributed by atoms with E-state index in [9.17, 15) is 18.0 Å². The minimum Gasteiger partial charge on any atom is -0.374 e. The molecule has 2 N–H and O–H groups in total. The maximum atomic E-state index is 13.1. The van der Waals surface area contributed by atoms with Crippen LogP contribution in [0.2, 0.25) is 5.02 Å². The Balaban J connectivity index is 2.06. The van der Waals surface area contributed by atoms with Crippen molar-refractivity contribution in [2.45, 2.75) is 12.2 Å². The van der Waals surface area contributed by atoms with Gasteiger partial charge in [0.1, 0.15) is 11.9 Å². The molecular formula is C18H14ClF3N2O. The smallest absolute Gasteiger partial charge is 0.374 e. The topological polar surface area (TPSA) is 41.1 Å². The van der Waals surface area contributed by atoms with Crippen molar-refractivity contribution in [1.29, 1.82) is 0 Å². The molecule has 0 saturated carbocycles. The lowest BCUT2D eigenvalue weighted by Gasteiger charge is -2.12. The molecule has 0 spiro atoms. The van der Waals surface area contributed by atoms with Crippen LogP contribution in [0.3, 0.4) is 0 Å². The Morgan fingerprint density at radius 2 is 1.80 bits per heavy atom. The highest BCUT2D eigenvalue weighted by molar-refractivity contribution is 6.32. The SMILES string of the molecule is CNC1=C(c2cc(Cl)cc(C(F)(F)F)c2)C(=O)C(c2ccccc2)N1. The maximum Gasteiger partial charge on any atom is 0.416 e. The molecule has 0 aliphatic carbocycles. The van der Waals surface area contributed by atoms with Crippen LogP contribution in [0.25, 0.3) is 5.57 Å². The largest absolute Gasteiger partial charge is 0.416 e. The summed E-state index contributed by atoms with van der Waals surface area (Å²) >= 11 is 5.85. The monoisotopic (exact) mass is 366 g/mol. The van der Waals surface area contributed by atoms with Gasteiger partial charge in [-0.2, -0.15) is 13.2 Å². The molecule has 25 heavy (non-hydrogen) atoms. The maximum absolute atomic E-state index is 13.1. The second kappa shape index (κ2) is 6.44. The van der Waals surface area contributed by atoms with Gasteiger partial charge in [0.05, 0.1) is 11.1 Å². The Labute approximate surface area is 147 Å². The second-order valence-corrected chi connectivity index (χ2v) is 6.02. The van der Waals surface area contributed by atoms with Gasteiger partial charge in [-0.3, -0.25) is 4.79 Å². The highest BCUT2D eigenvalue weighted by Crippen LogP contribution is 2.37. The zero-order valence-electron chi connectivity index (χ0n) is 13.1. The van der Waals surface area contributed by atoms with Crippen molar-refractivity contribution >= 4 is 23.0 Å². The van der Waals surface area contributed by atoms with Crippen LogP contribution in [-0.2, 0) is 11.0 Å². The Kier molecular flexibility index (Phi) is 4.47. The predicted octanol–water partition coefficient (Wildman–Crippen LogP) is 4.16. The van der Waals surface area contributed by atoms with E-state index >= 15 is 0 Å². The molecule has 3 rings (SSSR count). The summed E-state index contributed by atoms with van der Waals surface area (Å²) in [4.78, 5) is 12.9. The van der Waals surface area contributed by atoms with Gasteiger partial charge in [-0.05, 0) is 29.3 Å². The normalized spacial score (nSPS) is 17.6. The lowest BCUT2D eigenvalue weighted by Crippen LogP contribution is -2.24. The second-order valence-electron chi connectivity index (χ2n) is 5.58. The fourth-order valence-corrected chi connectivity index (χ4v) is 3.05. The van der Waals surface area contributed by atoms with E-state index in [2.05, 4.69) is 10.6 Å². The zero-order valence-corrected chi connectivity index (χ0v) is 13.9. The molecular weight excluding hydrogens is 353 g/mol. The van der Waals surface area contributed by atoms with Gasteiger partial charge in [-0.1, -0.05) is 41.9 Å². The van der Waals surface area contributed by atoms with Crippen LogP contribution in [0.15, 0.2) is 54.4 Å². The first kappa shape index (κ1) is 17.4. The summed E-state index contributed by atoms with van der Waals surface area (Å²) in [5.41, 5.74) is 0.117. The van der Waals surface area contributed by atoms with Crippen molar-refractivity contribution in [2.75, 3.05) is 7.05 Å². The number of hydrogen-bond donors (Lipinski definition) is 2. The number of rotatable bonds is 3. The van der Waals surface area contributed by atoms with Gasteiger partial charge < -0.3 is 10.6 Å². The molecule has 0 fully saturated rings. The van der Waals surface area contributed by atoms with Crippen LogP contribution in [0.1, 0.15) is 22.7 Å². The summed E-state index contributed by atoms with van der Waals surface area (Å²) in [6, 6.07) is 11.4. The van der Waals surface area contributed by atoms with Crippen LogP contribution in [0.5, 0.6) is 0 Å². The average Bonchev–Trinajstić information content (AvgIpc) is 2.91. The number of Topliss-reactive ketones (excluding diaryl/α,β-unsaturated/α-hetero) is 1. The van der Waals surface area contributed by atoms with E-state index in [1.165, 1.54) is 6.07 Å². The molecule has 0 amide bonds. The van der Waals surface area contributed by atoms with Crippen LogP contribution >= 0.6 is 11.6 Å². The molecule has 0 saturated heterocycles. The van der Waals surface area contributed by atoms with E-state index in [-0.39, 0.29) is 21.9 Å². The van der Waals surface area contributed by atoms with Crippen molar-refractivity contribution < 1.29 is 18.0 Å². The summed E-state index contributed by atoms with van der Waals surface area (Å²) in [5, 5.41) is 5.79. The molecule has 130 valence electrons. The van der Waals surface area contributed by atoms with E-state index in [4.69, 9.17) is 11.6 Å². The third kappa shape index (κ3) is 3.35. The van der Waals surface area contributed by atoms with E-state index in [0.29, 0.717) is 5.82 Å². The van der Waals surface area contributed by atoms with Gasteiger partial charge in [-0.15, -0.1) is 0 Å². The summed E-state index contributed by atoms with van der Waals surface area (Å²) in [6.45, 7) is 0. The minimum absolute atomic E-state index is 0.0799. The molecule has 1 unspecified atom stereocenters. The Morgan fingerprint density at radius 3 is 2.40 bits per heavy atom. The summed E-state index contributed by atoms with van der Waals surface area (Å²) in [6.07, 6.45) is -4.55. The molecule has 0 radical (unpaired) electrons. The number of nitrogens with one attached hydrogen (secondary N) is 2. The zero-order chi connectivity index (χ0) is 18.2. The average molecular weight is 367 g/mol. The summed E-state index contributed by atoms with van der Waals surface area (Å²) in [5.74, 6) is 0.0557. The first-order valence-corrected chi connectivity index (χ1v) is 7.85. The van der Waals surface area contributed by atoms with E-state index in [1.54, 1.807) is 31.3 Å². The highest BCUT2D eigenvalue weighted by atomic mass is 35.5. The molecule has 1 heterocycles. The number of ketones is 1. The highest BCUT2D eigenvalue weighted by Gasteiger charge is 2.36. The van der Waals surface area contributed by atoms with Crippen LogP contribution in [-0.4, -0.2) is 12.8 Å².